The average molecular weight is 179 g/mol. The number of aliphatic hydroxyl groups excluding tert-OH is 1. The third kappa shape index (κ3) is 3.47. The Bertz CT molecular complexity index is 260. The van der Waals surface area contributed by atoms with Crippen LogP contribution in [0.5, 0.6) is 0 Å². The van der Waals surface area contributed by atoms with E-state index in [0.29, 0.717) is 6.42 Å². The van der Waals surface area contributed by atoms with E-state index >= 15 is 0 Å². The molecule has 0 aromatic heterocycles. The molecule has 0 aliphatic heterocycles. The quantitative estimate of drug-likeness (QED) is 0.694. The molecule has 1 unspecified atom stereocenters. The fourth-order valence-electron chi connectivity index (χ4n) is 1.43. The fourth-order valence-corrected chi connectivity index (χ4v) is 1.43. The third-order valence-corrected chi connectivity index (χ3v) is 2.04. The first-order chi connectivity index (χ1) is 6.22. The predicted octanol–water partition coefficient (Wildman–Crippen LogP) is 1.97. The summed E-state index contributed by atoms with van der Waals surface area (Å²) >= 11 is 0. The Kier molecular flexibility index (Phi) is 3.77. The summed E-state index contributed by atoms with van der Waals surface area (Å²) in [5.74, 6) is 0. The molecular weight excluding hydrogens is 162 g/mol. The van der Waals surface area contributed by atoms with Crippen molar-refractivity contribution < 1.29 is 5.11 Å². The first-order valence-corrected chi connectivity index (χ1v) is 4.75. The van der Waals surface area contributed by atoms with Crippen LogP contribution < -0.4 is 5.73 Å². The zero-order chi connectivity index (χ0) is 9.68. The average Bonchev–Trinajstić information content (AvgIpc) is 2.04. The number of rotatable bonds is 4. The molecule has 1 aromatic carbocycles. The van der Waals surface area contributed by atoms with Crippen molar-refractivity contribution in [2.24, 2.45) is 0 Å². The molecule has 13 heavy (non-hydrogen) atoms. The van der Waals surface area contributed by atoms with Crippen molar-refractivity contribution in [3.05, 3.63) is 29.8 Å². The summed E-state index contributed by atoms with van der Waals surface area (Å²) in [7, 11) is 0. The molecule has 0 heterocycles. The number of aliphatic hydroxyl groups is 1. The van der Waals surface area contributed by atoms with Crippen molar-refractivity contribution in [2.45, 2.75) is 32.3 Å². The number of benzene rings is 1. The van der Waals surface area contributed by atoms with Gasteiger partial charge in [0.25, 0.3) is 0 Å². The topological polar surface area (TPSA) is 46.2 Å². The Labute approximate surface area is 79.4 Å². The molecule has 0 radical (unpaired) electrons. The number of hydrogen-bond donors (Lipinski definition) is 2. The summed E-state index contributed by atoms with van der Waals surface area (Å²) in [4.78, 5) is 0. The second kappa shape index (κ2) is 4.87. The van der Waals surface area contributed by atoms with Crippen LogP contribution in [0.1, 0.15) is 25.3 Å². The van der Waals surface area contributed by atoms with Gasteiger partial charge in [-0.05, 0) is 30.5 Å². The zero-order valence-corrected chi connectivity index (χ0v) is 8.03. The maximum atomic E-state index is 9.55. The Morgan fingerprint density at radius 3 is 2.85 bits per heavy atom. The minimum atomic E-state index is -0.230. The van der Waals surface area contributed by atoms with Crippen LogP contribution >= 0.6 is 0 Å². The zero-order valence-electron chi connectivity index (χ0n) is 8.03. The molecule has 1 atom stereocenters. The molecule has 0 saturated heterocycles. The van der Waals surface area contributed by atoms with Crippen LogP contribution in [-0.4, -0.2) is 11.2 Å². The highest BCUT2D eigenvalue weighted by Crippen LogP contribution is 2.10. The maximum Gasteiger partial charge on any atom is 0.0580 e. The Morgan fingerprint density at radius 2 is 2.23 bits per heavy atom. The van der Waals surface area contributed by atoms with Gasteiger partial charge < -0.3 is 10.8 Å². The lowest BCUT2D eigenvalue weighted by Gasteiger charge is -2.09. The summed E-state index contributed by atoms with van der Waals surface area (Å²) < 4.78 is 0. The van der Waals surface area contributed by atoms with Crippen LogP contribution in [0.25, 0.3) is 0 Å². The second-order valence-electron chi connectivity index (χ2n) is 3.39. The van der Waals surface area contributed by atoms with Gasteiger partial charge >= 0.3 is 0 Å². The highest BCUT2D eigenvalue weighted by Gasteiger charge is 2.03. The van der Waals surface area contributed by atoms with Gasteiger partial charge in [-0.2, -0.15) is 0 Å². The van der Waals surface area contributed by atoms with Crippen LogP contribution in [0.15, 0.2) is 24.3 Å². The van der Waals surface area contributed by atoms with E-state index in [-0.39, 0.29) is 6.10 Å². The van der Waals surface area contributed by atoms with Crippen LogP contribution in [0.3, 0.4) is 0 Å². The van der Waals surface area contributed by atoms with Gasteiger partial charge in [-0.15, -0.1) is 0 Å². The van der Waals surface area contributed by atoms with Crippen molar-refractivity contribution in [1.29, 1.82) is 0 Å². The van der Waals surface area contributed by atoms with Gasteiger partial charge in [-0.3, -0.25) is 0 Å². The molecule has 1 rings (SSSR count). The summed E-state index contributed by atoms with van der Waals surface area (Å²) in [6.45, 7) is 2.07. The van der Waals surface area contributed by atoms with Gasteiger partial charge in [0.05, 0.1) is 6.10 Å². The van der Waals surface area contributed by atoms with E-state index in [9.17, 15) is 5.11 Å². The van der Waals surface area contributed by atoms with E-state index in [2.05, 4.69) is 6.92 Å². The number of anilines is 1. The first kappa shape index (κ1) is 10.1. The standard InChI is InChI=1S/C11H17NO/c1-2-4-11(13)8-9-5-3-6-10(12)7-9/h3,5-7,11,13H,2,4,8,12H2,1H3. The highest BCUT2D eigenvalue weighted by molar-refractivity contribution is 5.40. The molecule has 1 aromatic rings. The molecule has 3 N–H and O–H groups in total. The monoisotopic (exact) mass is 179 g/mol. The van der Waals surface area contributed by atoms with Gasteiger partial charge in [-0.25, -0.2) is 0 Å². The lowest BCUT2D eigenvalue weighted by molar-refractivity contribution is 0.164. The van der Waals surface area contributed by atoms with Crippen LogP contribution in [-0.2, 0) is 6.42 Å². The van der Waals surface area contributed by atoms with Crippen molar-refractivity contribution in [3.8, 4) is 0 Å². The van der Waals surface area contributed by atoms with E-state index in [4.69, 9.17) is 5.73 Å². The van der Waals surface area contributed by atoms with Crippen LogP contribution in [0, 0.1) is 0 Å². The molecule has 72 valence electrons. The minimum absolute atomic E-state index is 0.230. The molecule has 0 saturated carbocycles. The van der Waals surface area contributed by atoms with E-state index in [1.165, 1.54) is 0 Å². The van der Waals surface area contributed by atoms with Crippen LogP contribution in [0.4, 0.5) is 5.69 Å². The molecule has 0 aliphatic rings. The van der Waals surface area contributed by atoms with Gasteiger partial charge in [-0.1, -0.05) is 25.5 Å². The molecule has 0 amide bonds. The number of hydrogen-bond acceptors (Lipinski definition) is 2. The number of nitrogen functional groups attached to an aromatic ring is 1. The van der Waals surface area contributed by atoms with E-state index in [1.807, 2.05) is 24.3 Å². The highest BCUT2D eigenvalue weighted by atomic mass is 16.3. The smallest absolute Gasteiger partial charge is 0.0580 e. The van der Waals surface area contributed by atoms with E-state index in [1.54, 1.807) is 0 Å². The predicted molar refractivity (Wildman–Crippen MR) is 55.5 cm³/mol. The van der Waals surface area contributed by atoms with Gasteiger partial charge in [0.1, 0.15) is 0 Å². The molecule has 0 spiro atoms. The van der Waals surface area contributed by atoms with E-state index in [0.717, 1.165) is 24.1 Å². The summed E-state index contributed by atoms with van der Waals surface area (Å²) in [6, 6.07) is 7.69. The third-order valence-electron chi connectivity index (χ3n) is 2.04. The van der Waals surface area contributed by atoms with Crippen molar-refractivity contribution >= 4 is 5.69 Å². The lowest BCUT2D eigenvalue weighted by atomic mass is 10.0. The normalized spacial score (nSPS) is 12.8. The molecule has 0 aliphatic carbocycles. The molecule has 2 nitrogen and oxygen atoms in total. The van der Waals surface area contributed by atoms with Crippen molar-refractivity contribution in [3.63, 3.8) is 0 Å². The SMILES string of the molecule is CCCC(O)Cc1cccc(N)c1. The molecule has 2 heteroatoms. The van der Waals surface area contributed by atoms with Crippen molar-refractivity contribution in [1.82, 2.24) is 0 Å². The Morgan fingerprint density at radius 1 is 1.46 bits per heavy atom. The molecule has 0 bridgehead atoms. The summed E-state index contributed by atoms with van der Waals surface area (Å²) in [5.41, 5.74) is 7.50. The van der Waals surface area contributed by atoms with Gasteiger partial charge in [0, 0.05) is 5.69 Å². The van der Waals surface area contributed by atoms with Crippen molar-refractivity contribution in [2.75, 3.05) is 5.73 Å². The van der Waals surface area contributed by atoms with Crippen LogP contribution in [0.2, 0.25) is 0 Å². The largest absolute Gasteiger partial charge is 0.399 e. The Hall–Kier alpha value is -1.02. The fraction of sp³-hybridized carbons (Fsp3) is 0.455. The number of nitrogens with two attached hydrogens (primary N) is 1. The molecule has 0 fully saturated rings. The Balaban J connectivity index is 2.53. The second-order valence-corrected chi connectivity index (χ2v) is 3.39. The molecular formula is C11H17NO. The van der Waals surface area contributed by atoms with Gasteiger partial charge in [0.15, 0.2) is 0 Å². The first-order valence-electron chi connectivity index (χ1n) is 4.75. The van der Waals surface area contributed by atoms with E-state index < -0.39 is 0 Å². The summed E-state index contributed by atoms with van der Waals surface area (Å²) in [5, 5.41) is 9.55. The minimum Gasteiger partial charge on any atom is -0.399 e. The maximum absolute atomic E-state index is 9.55. The lowest BCUT2D eigenvalue weighted by Crippen LogP contribution is -2.09. The summed E-state index contributed by atoms with van der Waals surface area (Å²) in [6.07, 6.45) is 2.35. The van der Waals surface area contributed by atoms with Gasteiger partial charge in [0.2, 0.25) is 0 Å².